The first kappa shape index (κ1) is 35.9. The van der Waals surface area contributed by atoms with E-state index in [1.165, 1.54) is 6.07 Å². The highest BCUT2D eigenvalue weighted by molar-refractivity contribution is 6.43. The van der Waals surface area contributed by atoms with E-state index in [4.69, 9.17) is 32.7 Å². The Balaban J connectivity index is 1.37. The first-order valence-corrected chi connectivity index (χ1v) is 17.3. The van der Waals surface area contributed by atoms with E-state index < -0.39 is 17.9 Å². The number of anilines is 1. The van der Waals surface area contributed by atoms with Gasteiger partial charge in [-0.3, -0.25) is 14.3 Å². The summed E-state index contributed by atoms with van der Waals surface area (Å²) >= 11 is 12.6. The van der Waals surface area contributed by atoms with Crippen LogP contribution in [0.25, 0.3) is 10.9 Å². The van der Waals surface area contributed by atoms with Gasteiger partial charge in [-0.15, -0.1) is 0 Å². The van der Waals surface area contributed by atoms with E-state index in [0.717, 1.165) is 63.1 Å². The van der Waals surface area contributed by atoms with Gasteiger partial charge in [0.15, 0.2) is 6.23 Å². The molecule has 0 radical (unpaired) electrons. The van der Waals surface area contributed by atoms with Gasteiger partial charge in [0, 0.05) is 55.8 Å². The van der Waals surface area contributed by atoms with Gasteiger partial charge in [0.1, 0.15) is 5.75 Å². The number of carbonyl (C=O) groups is 1. The van der Waals surface area contributed by atoms with E-state index in [2.05, 4.69) is 16.7 Å². The average Bonchev–Trinajstić information content (AvgIpc) is 3.01. The lowest BCUT2D eigenvalue weighted by atomic mass is 9.98. The third-order valence-electron chi connectivity index (χ3n) is 8.96. The third-order valence-corrected chi connectivity index (χ3v) is 9.77. The molecule has 8 nitrogen and oxygen atoms in total. The van der Waals surface area contributed by atoms with Gasteiger partial charge in [-0.2, -0.15) is 0 Å². The minimum atomic E-state index is -0.775. The number of ether oxygens (including phenoxy) is 2. The second kappa shape index (κ2) is 15.8. The first-order chi connectivity index (χ1) is 21.8. The van der Waals surface area contributed by atoms with Crippen LogP contribution in [-0.4, -0.2) is 71.4 Å². The van der Waals surface area contributed by atoms with Crippen molar-refractivity contribution < 1.29 is 14.3 Å². The minimum Gasteiger partial charge on any atom is -0.494 e. The molecule has 1 saturated heterocycles. The van der Waals surface area contributed by atoms with Crippen molar-refractivity contribution in [1.29, 1.82) is 0 Å². The van der Waals surface area contributed by atoms with Gasteiger partial charge < -0.3 is 19.3 Å². The Hall–Kier alpha value is -2.94. The second-order valence-electron chi connectivity index (χ2n) is 13.4. The van der Waals surface area contributed by atoms with Crippen LogP contribution in [0, 0.1) is 5.92 Å². The van der Waals surface area contributed by atoms with Crippen molar-refractivity contribution in [3.05, 3.63) is 68.9 Å². The van der Waals surface area contributed by atoms with Crippen molar-refractivity contribution in [3.8, 4) is 5.75 Å². The van der Waals surface area contributed by atoms with Crippen LogP contribution in [0.4, 0.5) is 10.5 Å². The third kappa shape index (κ3) is 8.50. The standard InChI is InChI=1S/C36H50Cl2N4O4/c1-8-36(6,7)42(26(4)5)35(44)46-34(25(2)3)41-31-24-28(16-14-27(31)15-17-32(41)43)45-23-10-9-18-39-19-21-40(22-20-39)30-13-11-12-29(37)33(30)38/h11-17,24-26,34H,8-10,18-23H2,1-7H3. The van der Waals surface area contributed by atoms with Gasteiger partial charge in [-0.1, -0.05) is 50.0 Å². The zero-order valence-corrected chi connectivity index (χ0v) is 29.9. The fraction of sp³-hybridized carbons (Fsp3) is 0.556. The minimum absolute atomic E-state index is 0.0582. The molecule has 10 heteroatoms. The van der Waals surface area contributed by atoms with E-state index >= 15 is 0 Å². The summed E-state index contributed by atoms with van der Waals surface area (Å²) in [5.41, 5.74) is 1.07. The largest absolute Gasteiger partial charge is 0.494 e. The van der Waals surface area contributed by atoms with Crippen molar-refractivity contribution in [2.24, 2.45) is 5.92 Å². The Morgan fingerprint density at radius 3 is 2.33 bits per heavy atom. The zero-order chi connectivity index (χ0) is 33.6. The highest BCUT2D eigenvalue weighted by Gasteiger charge is 2.35. The van der Waals surface area contributed by atoms with E-state index in [1.807, 2.05) is 77.9 Å². The van der Waals surface area contributed by atoms with Crippen molar-refractivity contribution in [2.45, 2.75) is 85.5 Å². The lowest BCUT2D eigenvalue weighted by Crippen LogP contribution is -2.52. The number of carbonyl (C=O) groups excluding carboxylic acids is 1. The SMILES string of the molecule is CCC(C)(C)N(C(=O)OC(C(C)C)n1c(=O)ccc2ccc(OCCCCN3CCN(c4cccc(Cl)c4Cl)CC3)cc21)C(C)C. The summed E-state index contributed by atoms with van der Waals surface area (Å²) in [6.45, 7) is 19.3. The van der Waals surface area contributed by atoms with Gasteiger partial charge in [0.2, 0.25) is 0 Å². The summed E-state index contributed by atoms with van der Waals surface area (Å²) in [7, 11) is 0. The molecule has 2 aromatic carbocycles. The Morgan fingerprint density at radius 1 is 0.978 bits per heavy atom. The highest BCUT2D eigenvalue weighted by atomic mass is 35.5. The summed E-state index contributed by atoms with van der Waals surface area (Å²) in [6.07, 6.45) is 1.50. The van der Waals surface area contributed by atoms with E-state index in [1.54, 1.807) is 15.5 Å². The van der Waals surface area contributed by atoms with Crippen molar-refractivity contribution in [1.82, 2.24) is 14.4 Å². The van der Waals surface area contributed by atoms with E-state index in [-0.39, 0.29) is 17.5 Å². The van der Waals surface area contributed by atoms with Crippen LogP contribution in [0.15, 0.2) is 53.3 Å². The molecule has 0 saturated carbocycles. The van der Waals surface area contributed by atoms with Crippen molar-refractivity contribution in [3.63, 3.8) is 0 Å². The van der Waals surface area contributed by atoms with Gasteiger partial charge in [0.05, 0.1) is 27.9 Å². The molecule has 0 bridgehead atoms. The fourth-order valence-corrected chi connectivity index (χ4v) is 6.55. The summed E-state index contributed by atoms with van der Waals surface area (Å²) in [5.74, 6) is 0.545. The number of fused-ring (bicyclic) bond motifs is 1. The molecule has 0 aliphatic carbocycles. The summed E-state index contributed by atoms with van der Waals surface area (Å²) in [4.78, 5) is 33.4. The molecule has 46 heavy (non-hydrogen) atoms. The number of hydrogen-bond acceptors (Lipinski definition) is 6. The Morgan fingerprint density at radius 2 is 1.67 bits per heavy atom. The maximum absolute atomic E-state index is 13.6. The molecule has 1 aliphatic rings. The van der Waals surface area contributed by atoms with Gasteiger partial charge in [-0.05, 0) is 89.2 Å². The molecule has 1 atom stereocenters. The summed E-state index contributed by atoms with van der Waals surface area (Å²) in [5, 5.41) is 2.08. The molecule has 1 aromatic heterocycles. The Labute approximate surface area is 284 Å². The van der Waals surface area contributed by atoms with Crippen LogP contribution >= 0.6 is 23.2 Å². The molecule has 4 rings (SSSR count). The van der Waals surface area contributed by atoms with Gasteiger partial charge >= 0.3 is 6.09 Å². The quantitative estimate of drug-likeness (QED) is 0.170. The molecular formula is C36H50Cl2N4O4. The fourth-order valence-electron chi connectivity index (χ4n) is 6.14. The number of benzene rings is 2. The molecule has 1 unspecified atom stereocenters. The number of piperazine rings is 1. The van der Waals surface area contributed by atoms with Crippen LogP contribution in [0.1, 0.15) is 74.0 Å². The van der Waals surface area contributed by atoms with Crippen LogP contribution < -0.4 is 15.2 Å². The molecule has 1 fully saturated rings. The maximum Gasteiger partial charge on any atom is 0.412 e. The number of rotatable bonds is 13. The van der Waals surface area contributed by atoms with Gasteiger partial charge in [-0.25, -0.2) is 4.79 Å². The van der Waals surface area contributed by atoms with Gasteiger partial charge in [0.25, 0.3) is 5.56 Å². The second-order valence-corrected chi connectivity index (χ2v) is 14.2. The number of amides is 1. The molecular weight excluding hydrogens is 623 g/mol. The summed E-state index contributed by atoms with van der Waals surface area (Å²) in [6, 6.07) is 14.8. The molecule has 3 aromatic rings. The molecule has 1 amide bonds. The van der Waals surface area contributed by atoms with Crippen molar-refractivity contribution in [2.75, 3.05) is 44.2 Å². The Kier molecular flexibility index (Phi) is 12.3. The molecule has 1 aliphatic heterocycles. The van der Waals surface area contributed by atoms with Crippen LogP contribution in [0.3, 0.4) is 0 Å². The lowest BCUT2D eigenvalue weighted by molar-refractivity contribution is -0.0229. The molecule has 0 spiro atoms. The molecule has 2 heterocycles. The normalized spacial score (nSPS) is 15.1. The number of nitrogens with zero attached hydrogens (tertiary/aromatic N) is 4. The van der Waals surface area contributed by atoms with E-state index in [9.17, 15) is 9.59 Å². The zero-order valence-electron chi connectivity index (χ0n) is 28.4. The number of hydrogen-bond donors (Lipinski definition) is 0. The number of pyridine rings is 1. The van der Waals surface area contributed by atoms with E-state index in [0.29, 0.717) is 27.9 Å². The highest BCUT2D eigenvalue weighted by Crippen LogP contribution is 2.33. The Bertz CT molecular complexity index is 1530. The van der Waals surface area contributed by atoms with Crippen LogP contribution in [-0.2, 0) is 4.74 Å². The summed E-state index contributed by atoms with van der Waals surface area (Å²) < 4.78 is 13.9. The topological polar surface area (TPSA) is 67.2 Å². The van der Waals surface area contributed by atoms with Crippen molar-refractivity contribution >= 4 is 45.9 Å². The predicted octanol–water partition coefficient (Wildman–Crippen LogP) is 8.48. The molecule has 252 valence electrons. The molecule has 0 N–H and O–H groups in total. The first-order valence-electron chi connectivity index (χ1n) is 16.5. The average molecular weight is 674 g/mol. The van der Waals surface area contributed by atoms with Crippen LogP contribution in [0.2, 0.25) is 10.0 Å². The number of aromatic nitrogens is 1. The number of unbranched alkanes of at least 4 members (excludes halogenated alkanes) is 1. The lowest BCUT2D eigenvalue weighted by Gasteiger charge is -2.41. The monoisotopic (exact) mass is 672 g/mol. The maximum atomic E-state index is 13.6. The van der Waals surface area contributed by atoms with Crippen LogP contribution in [0.5, 0.6) is 5.75 Å². The smallest absolute Gasteiger partial charge is 0.412 e. The number of halogens is 2. The predicted molar refractivity (Wildman–Crippen MR) is 190 cm³/mol.